The van der Waals surface area contributed by atoms with Crippen LogP contribution >= 0.6 is 0 Å². The Morgan fingerprint density at radius 2 is 0.769 bits per heavy atom. The summed E-state index contributed by atoms with van der Waals surface area (Å²) in [6, 6.07) is 50.3. The van der Waals surface area contributed by atoms with Gasteiger partial charge < -0.3 is 0 Å². The third-order valence-corrected chi connectivity index (χ3v) is 6.99. The van der Waals surface area contributed by atoms with E-state index in [1.54, 1.807) is 12.1 Å². The second kappa shape index (κ2) is 10.6. The van der Waals surface area contributed by atoms with E-state index in [1.165, 1.54) is 0 Å². The van der Waals surface area contributed by atoms with E-state index in [1.807, 2.05) is 72.8 Å². The molecule has 39 heavy (non-hydrogen) atoms. The third-order valence-electron chi connectivity index (χ3n) is 6.99. The lowest BCUT2D eigenvalue weighted by Gasteiger charge is -2.24. The Balaban J connectivity index is 1.87. The van der Waals surface area contributed by atoms with Crippen molar-refractivity contribution >= 4 is 5.69 Å². The largest absolute Gasteiger partial charge is 0.277 e. The minimum absolute atomic E-state index is 0.0835. The van der Waals surface area contributed by atoms with Crippen molar-refractivity contribution in [2.45, 2.75) is 0 Å². The van der Waals surface area contributed by atoms with Crippen LogP contribution in [-0.4, -0.2) is 4.92 Å². The van der Waals surface area contributed by atoms with Gasteiger partial charge in [-0.2, -0.15) is 0 Å². The van der Waals surface area contributed by atoms with Crippen molar-refractivity contribution in [2.24, 2.45) is 0 Å². The van der Waals surface area contributed by atoms with Crippen LogP contribution in [0.15, 0.2) is 152 Å². The molecule has 6 aromatic rings. The highest BCUT2D eigenvalue weighted by Gasteiger charge is 2.26. The summed E-state index contributed by atoms with van der Waals surface area (Å²) in [5.41, 5.74) is 9.81. The molecule has 0 amide bonds. The van der Waals surface area contributed by atoms with Gasteiger partial charge in [-0.1, -0.05) is 133 Å². The first-order valence-electron chi connectivity index (χ1n) is 12.9. The molecule has 0 bridgehead atoms. The minimum atomic E-state index is -0.292. The smallest absolute Gasteiger partial charge is 0.258 e. The predicted octanol–water partition coefficient (Wildman–Crippen LogP) is 9.93. The van der Waals surface area contributed by atoms with Crippen LogP contribution in [0.1, 0.15) is 0 Å². The van der Waals surface area contributed by atoms with E-state index < -0.39 is 0 Å². The predicted molar refractivity (Wildman–Crippen MR) is 160 cm³/mol. The fraction of sp³-hybridized carbons (Fsp3) is 0. The molecule has 0 aliphatic carbocycles. The third kappa shape index (κ3) is 4.62. The van der Waals surface area contributed by atoms with E-state index in [0.717, 1.165) is 50.1 Å². The lowest BCUT2D eigenvalue weighted by molar-refractivity contribution is -0.384. The molecule has 6 rings (SSSR count). The topological polar surface area (TPSA) is 43.1 Å². The molecule has 0 aromatic heterocycles. The first kappa shape index (κ1) is 24.1. The number of hydrogen-bond acceptors (Lipinski definition) is 2. The number of rotatable bonds is 6. The summed E-state index contributed by atoms with van der Waals surface area (Å²) < 4.78 is 0. The van der Waals surface area contributed by atoms with Gasteiger partial charge in [0.05, 0.1) is 10.5 Å². The summed E-state index contributed by atoms with van der Waals surface area (Å²) in [6.45, 7) is 0. The summed E-state index contributed by atoms with van der Waals surface area (Å²) in [6.07, 6.45) is 0. The molecule has 0 spiro atoms. The van der Waals surface area contributed by atoms with Gasteiger partial charge in [-0.05, 0) is 62.2 Å². The molecule has 0 aliphatic heterocycles. The van der Waals surface area contributed by atoms with E-state index in [-0.39, 0.29) is 10.6 Å². The average molecular weight is 504 g/mol. The Bertz CT molecular complexity index is 1750. The van der Waals surface area contributed by atoms with Crippen molar-refractivity contribution in [3.63, 3.8) is 0 Å². The lowest BCUT2D eigenvalue weighted by atomic mass is 9.78. The molecule has 0 radical (unpaired) electrons. The van der Waals surface area contributed by atoms with Crippen molar-refractivity contribution in [3.8, 4) is 55.6 Å². The number of hydrogen-bond donors (Lipinski definition) is 0. The first-order chi connectivity index (χ1) is 19.2. The van der Waals surface area contributed by atoms with Crippen molar-refractivity contribution in [2.75, 3.05) is 0 Å². The van der Waals surface area contributed by atoms with E-state index >= 15 is 0 Å². The van der Waals surface area contributed by atoms with Gasteiger partial charge in [-0.25, -0.2) is 0 Å². The Morgan fingerprint density at radius 1 is 0.385 bits per heavy atom. The highest BCUT2D eigenvalue weighted by atomic mass is 16.6. The van der Waals surface area contributed by atoms with Crippen molar-refractivity contribution in [3.05, 3.63) is 162 Å². The zero-order valence-corrected chi connectivity index (χ0v) is 21.2. The summed E-state index contributed by atoms with van der Waals surface area (Å²) >= 11 is 0. The number of nitro benzene ring substituents is 1. The summed E-state index contributed by atoms with van der Waals surface area (Å²) in [5.74, 6) is 0. The summed E-state index contributed by atoms with van der Waals surface area (Å²) in [7, 11) is 0. The number of para-hydroxylation sites is 1. The van der Waals surface area contributed by atoms with Crippen LogP contribution in [0.2, 0.25) is 0 Å². The van der Waals surface area contributed by atoms with Gasteiger partial charge in [-0.15, -0.1) is 0 Å². The molecular weight excluding hydrogens is 478 g/mol. The van der Waals surface area contributed by atoms with Gasteiger partial charge in [0.15, 0.2) is 0 Å². The van der Waals surface area contributed by atoms with Gasteiger partial charge in [-0.3, -0.25) is 10.1 Å². The molecule has 0 heterocycles. The molecular formula is C36H25NO2. The molecule has 3 heteroatoms. The van der Waals surface area contributed by atoms with E-state index in [2.05, 4.69) is 66.7 Å². The Labute approximate surface area is 227 Å². The highest BCUT2D eigenvalue weighted by molar-refractivity contribution is 6.08. The first-order valence-corrected chi connectivity index (χ1v) is 12.9. The summed E-state index contributed by atoms with van der Waals surface area (Å²) in [5, 5.41) is 12.2. The Kier molecular flexibility index (Phi) is 6.55. The average Bonchev–Trinajstić information content (AvgIpc) is 3.01. The molecule has 3 nitrogen and oxygen atoms in total. The van der Waals surface area contributed by atoms with Gasteiger partial charge >= 0.3 is 0 Å². The van der Waals surface area contributed by atoms with Crippen LogP contribution in [0.3, 0.4) is 0 Å². The molecule has 186 valence electrons. The van der Waals surface area contributed by atoms with Gasteiger partial charge in [0, 0.05) is 6.07 Å². The molecule has 6 aromatic carbocycles. The van der Waals surface area contributed by atoms with Crippen molar-refractivity contribution < 1.29 is 4.92 Å². The van der Waals surface area contributed by atoms with E-state index in [9.17, 15) is 10.1 Å². The van der Waals surface area contributed by atoms with Crippen molar-refractivity contribution in [1.82, 2.24) is 0 Å². The molecule has 0 unspecified atom stereocenters. The minimum Gasteiger partial charge on any atom is -0.258 e. The molecule has 0 aliphatic rings. The van der Waals surface area contributed by atoms with Crippen LogP contribution in [0.4, 0.5) is 5.69 Å². The zero-order chi connectivity index (χ0) is 26.6. The van der Waals surface area contributed by atoms with Crippen LogP contribution in [0.5, 0.6) is 0 Å². The van der Waals surface area contributed by atoms with Crippen LogP contribution in [0, 0.1) is 10.1 Å². The number of benzene rings is 6. The highest BCUT2D eigenvalue weighted by Crippen LogP contribution is 2.51. The van der Waals surface area contributed by atoms with Gasteiger partial charge in [0.1, 0.15) is 0 Å². The number of nitro groups is 1. The van der Waals surface area contributed by atoms with Crippen LogP contribution < -0.4 is 0 Å². The SMILES string of the molecule is O=[N+]([O-])c1ccccc1-c1cc(-c2ccccc2)c(-c2ccccc2)c(-c2ccccc2)c1-c1ccccc1. The van der Waals surface area contributed by atoms with Gasteiger partial charge in [0.2, 0.25) is 0 Å². The standard InChI is InChI=1S/C36H25NO2/c38-37(39)33-24-14-13-23-30(33)32-25-31(26-15-5-1-6-16-26)34(27-17-7-2-8-18-27)36(29-21-11-4-12-22-29)35(32)28-19-9-3-10-20-28/h1-25H. The maximum Gasteiger partial charge on any atom is 0.277 e. The summed E-state index contributed by atoms with van der Waals surface area (Å²) in [4.78, 5) is 12.0. The molecule has 0 fully saturated rings. The van der Waals surface area contributed by atoms with Crippen LogP contribution in [-0.2, 0) is 0 Å². The zero-order valence-electron chi connectivity index (χ0n) is 21.2. The molecule has 0 atom stereocenters. The molecule has 0 N–H and O–H groups in total. The maximum absolute atomic E-state index is 12.2. The molecule has 0 saturated heterocycles. The van der Waals surface area contributed by atoms with Crippen molar-refractivity contribution in [1.29, 1.82) is 0 Å². The number of nitrogens with zero attached hydrogens (tertiary/aromatic N) is 1. The normalized spacial score (nSPS) is 10.8. The monoisotopic (exact) mass is 503 g/mol. The molecule has 0 saturated carbocycles. The fourth-order valence-electron chi connectivity index (χ4n) is 5.30. The maximum atomic E-state index is 12.2. The Morgan fingerprint density at radius 3 is 1.26 bits per heavy atom. The van der Waals surface area contributed by atoms with Crippen LogP contribution in [0.25, 0.3) is 55.6 Å². The van der Waals surface area contributed by atoms with E-state index in [4.69, 9.17) is 0 Å². The second-order valence-corrected chi connectivity index (χ2v) is 9.34. The Hall–Kier alpha value is -5.28. The lowest BCUT2D eigenvalue weighted by Crippen LogP contribution is -1.99. The second-order valence-electron chi connectivity index (χ2n) is 9.34. The fourth-order valence-corrected chi connectivity index (χ4v) is 5.30. The van der Waals surface area contributed by atoms with E-state index in [0.29, 0.717) is 5.56 Å². The van der Waals surface area contributed by atoms with Gasteiger partial charge in [0.25, 0.3) is 5.69 Å². The quantitative estimate of drug-likeness (QED) is 0.168.